The molecular weight excluding hydrogens is 400 g/mol. The van der Waals surface area contributed by atoms with Gasteiger partial charge in [-0.3, -0.25) is 9.69 Å². The highest BCUT2D eigenvalue weighted by atomic mass is 32.2. The Balaban J connectivity index is 1.68. The van der Waals surface area contributed by atoms with Crippen LogP contribution < -0.4 is 0 Å². The van der Waals surface area contributed by atoms with Gasteiger partial charge in [0.15, 0.2) is 9.84 Å². The number of hydrogen-bond donors (Lipinski definition) is 1. The normalized spacial score (nSPS) is 16.5. The monoisotopic (exact) mass is 426 g/mol. The van der Waals surface area contributed by atoms with Crippen molar-refractivity contribution in [3.63, 3.8) is 0 Å². The van der Waals surface area contributed by atoms with Crippen LogP contribution >= 0.6 is 0 Å². The summed E-state index contributed by atoms with van der Waals surface area (Å²) < 4.78 is 26.4. The van der Waals surface area contributed by atoms with Crippen molar-refractivity contribution in [1.29, 1.82) is 0 Å². The third-order valence-electron chi connectivity index (χ3n) is 5.09. The van der Waals surface area contributed by atoms with E-state index in [1.807, 2.05) is 47.5 Å². The standard InChI is InChI=1S/C23H26N2O4S/c1-2-22(30(28,29)21-10-6-9-20(17-21)18-23(26)27)25-15-13-24(14-16-25)12-11-19-7-4-3-5-8-19/h2-12,17,22H,1,13-16,18H2,(H,26,27). The second-order valence-corrected chi connectivity index (χ2v) is 9.23. The summed E-state index contributed by atoms with van der Waals surface area (Å²) in [6.07, 6.45) is 5.33. The molecule has 2 aromatic carbocycles. The fraction of sp³-hybridized carbons (Fsp3) is 0.261. The van der Waals surface area contributed by atoms with Crippen LogP contribution in [0.3, 0.4) is 0 Å². The Labute approximate surface area is 177 Å². The number of aliphatic carboxylic acids is 1. The molecule has 0 aromatic heterocycles. The van der Waals surface area contributed by atoms with Crippen molar-refractivity contribution in [3.05, 3.63) is 84.6 Å². The molecule has 2 aromatic rings. The van der Waals surface area contributed by atoms with Crippen LogP contribution in [0.4, 0.5) is 0 Å². The van der Waals surface area contributed by atoms with E-state index in [-0.39, 0.29) is 11.3 Å². The molecule has 0 saturated carbocycles. The minimum atomic E-state index is -3.70. The van der Waals surface area contributed by atoms with Gasteiger partial charge in [-0.05, 0) is 35.5 Å². The van der Waals surface area contributed by atoms with Gasteiger partial charge < -0.3 is 10.0 Å². The predicted octanol–water partition coefficient (Wildman–Crippen LogP) is 2.89. The molecule has 1 atom stereocenters. The van der Waals surface area contributed by atoms with Gasteiger partial charge in [0.2, 0.25) is 0 Å². The van der Waals surface area contributed by atoms with E-state index >= 15 is 0 Å². The molecule has 6 nitrogen and oxygen atoms in total. The lowest BCUT2D eigenvalue weighted by Gasteiger charge is -2.37. The summed E-state index contributed by atoms with van der Waals surface area (Å²) in [6.45, 7) is 6.35. The molecular formula is C23H26N2O4S. The Morgan fingerprint density at radius 1 is 1.07 bits per heavy atom. The molecule has 1 aliphatic rings. The Hall–Kier alpha value is -2.90. The van der Waals surface area contributed by atoms with E-state index in [1.54, 1.807) is 12.1 Å². The molecule has 0 amide bonds. The van der Waals surface area contributed by atoms with Crippen LogP contribution in [0.25, 0.3) is 6.08 Å². The van der Waals surface area contributed by atoms with Gasteiger partial charge in [0.25, 0.3) is 0 Å². The first-order valence-electron chi connectivity index (χ1n) is 9.78. The SMILES string of the molecule is C=CC(N1CCN(C=Cc2ccccc2)CC1)S(=O)(=O)c1cccc(CC(=O)O)c1. The zero-order valence-corrected chi connectivity index (χ0v) is 17.5. The van der Waals surface area contributed by atoms with Crippen molar-refractivity contribution in [2.24, 2.45) is 0 Å². The molecule has 1 fully saturated rings. The highest BCUT2D eigenvalue weighted by molar-refractivity contribution is 7.92. The van der Waals surface area contributed by atoms with Gasteiger partial charge in [0, 0.05) is 26.2 Å². The lowest BCUT2D eigenvalue weighted by molar-refractivity contribution is -0.136. The summed E-state index contributed by atoms with van der Waals surface area (Å²) in [5.74, 6) is -0.996. The number of nitrogens with zero attached hydrogens (tertiary/aromatic N) is 2. The molecule has 0 aliphatic carbocycles. The summed E-state index contributed by atoms with van der Waals surface area (Å²) in [7, 11) is -3.70. The van der Waals surface area contributed by atoms with Crippen molar-refractivity contribution in [1.82, 2.24) is 9.80 Å². The molecule has 1 saturated heterocycles. The van der Waals surface area contributed by atoms with Crippen molar-refractivity contribution < 1.29 is 18.3 Å². The first kappa shape index (κ1) is 21.8. The lowest BCUT2D eigenvalue weighted by Crippen LogP contribution is -2.50. The second kappa shape index (κ2) is 9.73. The molecule has 0 spiro atoms. The number of sulfone groups is 1. The van der Waals surface area contributed by atoms with E-state index < -0.39 is 21.2 Å². The van der Waals surface area contributed by atoms with Crippen molar-refractivity contribution in [2.45, 2.75) is 16.7 Å². The average molecular weight is 427 g/mol. The number of carboxylic acids is 1. The van der Waals surface area contributed by atoms with Crippen molar-refractivity contribution in [3.8, 4) is 0 Å². The van der Waals surface area contributed by atoms with E-state index in [2.05, 4.69) is 11.5 Å². The first-order valence-corrected chi connectivity index (χ1v) is 11.3. The summed E-state index contributed by atoms with van der Waals surface area (Å²) in [5.41, 5.74) is 1.58. The summed E-state index contributed by atoms with van der Waals surface area (Å²) in [4.78, 5) is 15.2. The van der Waals surface area contributed by atoms with E-state index in [1.165, 1.54) is 18.2 Å². The summed E-state index contributed by atoms with van der Waals surface area (Å²) >= 11 is 0. The van der Waals surface area contributed by atoms with E-state index in [0.29, 0.717) is 31.7 Å². The van der Waals surface area contributed by atoms with Gasteiger partial charge in [-0.25, -0.2) is 8.42 Å². The Bertz CT molecular complexity index is 1010. The smallest absolute Gasteiger partial charge is 0.307 e. The van der Waals surface area contributed by atoms with Gasteiger partial charge >= 0.3 is 5.97 Å². The predicted molar refractivity (Wildman–Crippen MR) is 118 cm³/mol. The molecule has 7 heteroatoms. The fourth-order valence-electron chi connectivity index (χ4n) is 3.52. The highest BCUT2D eigenvalue weighted by Crippen LogP contribution is 2.22. The third kappa shape index (κ3) is 5.37. The number of carbonyl (C=O) groups is 1. The molecule has 3 rings (SSSR count). The zero-order chi connectivity index (χ0) is 21.6. The highest BCUT2D eigenvalue weighted by Gasteiger charge is 2.32. The summed E-state index contributed by atoms with van der Waals surface area (Å²) in [6, 6.07) is 16.2. The number of rotatable bonds is 8. The Morgan fingerprint density at radius 2 is 1.77 bits per heavy atom. The number of benzene rings is 2. The molecule has 30 heavy (non-hydrogen) atoms. The maximum absolute atomic E-state index is 13.2. The Kier molecular flexibility index (Phi) is 7.07. The van der Waals surface area contributed by atoms with E-state index in [4.69, 9.17) is 5.11 Å². The van der Waals surface area contributed by atoms with E-state index in [9.17, 15) is 13.2 Å². The van der Waals surface area contributed by atoms with E-state index in [0.717, 1.165) is 5.56 Å². The molecule has 158 valence electrons. The zero-order valence-electron chi connectivity index (χ0n) is 16.7. The van der Waals surface area contributed by atoms with Gasteiger partial charge in [-0.2, -0.15) is 0 Å². The van der Waals surface area contributed by atoms with Crippen LogP contribution in [0.1, 0.15) is 11.1 Å². The molecule has 0 bridgehead atoms. The van der Waals surface area contributed by atoms with Gasteiger partial charge in [0.1, 0.15) is 5.37 Å². The average Bonchev–Trinajstić information content (AvgIpc) is 2.74. The van der Waals surface area contributed by atoms with Crippen LogP contribution in [0.5, 0.6) is 0 Å². The fourth-order valence-corrected chi connectivity index (χ4v) is 5.23. The van der Waals surface area contributed by atoms with Crippen LogP contribution in [0.2, 0.25) is 0 Å². The van der Waals surface area contributed by atoms with Crippen LogP contribution in [0, 0.1) is 0 Å². The maximum Gasteiger partial charge on any atom is 0.307 e. The largest absolute Gasteiger partial charge is 0.481 e. The minimum Gasteiger partial charge on any atom is -0.481 e. The van der Waals surface area contributed by atoms with Crippen molar-refractivity contribution >= 4 is 21.9 Å². The number of hydrogen-bond acceptors (Lipinski definition) is 5. The maximum atomic E-state index is 13.2. The number of carboxylic acid groups (broad SMARTS) is 1. The summed E-state index contributed by atoms with van der Waals surface area (Å²) in [5, 5.41) is 8.13. The van der Waals surface area contributed by atoms with Gasteiger partial charge in [-0.15, -0.1) is 6.58 Å². The Morgan fingerprint density at radius 3 is 2.40 bits per heavy atom. The minimum absolute atomic E-state index is 0.123. The molecule has 0 radical (unpaired) electrons. The third-order valence-corrected chi connectivity index (χ3v) is 7.13. The van der Waals surface area contributed by atoms with Crippen LogP contribution in [-0.2, 0) is 21.1 Å². The molecule has 1 heterocycles. The van der Waals surface area contributed by atoms with Gasteiger partial charge in [-0.1, -0.05) is 48.5 Å². The first-order chi connectivity index (χ1) is 14.4. The topological polar surface area (TPSA) is 77.9 Å². The second-order valence-electron chi connectivity index (χ2n) is 7.19. The van der Waals surface area contributed by atoms with Crippen LogP contribution in [-0.4, -0.2) is 60.8 Å². The van der Waals surface area contributed by atoms with Crippen LogP contribution in [0.15, 0.2) is 78.3 Å². The van der Waals surface area contributed by atoms with Crippen molar-refractivity contribution in [2.75, 3.05) is 26.2 Å². The van der Waals surface area contributed by atoms with Gasteiger partial charge in [0.05, 0.1) is 11.3 Å². The lowest BCUT2D eigenvalue weighted by atomic mass is 10.2. The molecule has 1 N–H and O–H groups in total. The molecule has 1 unspecified atom stereocenters. The number of piperazine rings is 1. The molecule has 1 aliphatic heterocycles. The quantitative estimate of drug-likeness (QED) is 0.654.